The van der Waals surface area contributed by atoms with E-state index in [9.17, 15) is 9.90 Å². The van der Waals surface area contributed by atoms with Crippen LogP contribution in [0.4, 0.5) is 5.82 Å². The molecular weight excluding hydrogens is 588 g/mol. The summed E-state index contributed by atoms with van der Waals surface area (Å²) in [4.78, 5) is 30.5. The van der Waals surface area contributed by atoms with Crippen molar-refractivity contribution >= 4 is 33.4 Å². The molecule has 47 heavy (non-hydrogen) atoms. The van der Waals surface area contributed by atoms with Crippen LogP contribution in [0, 0.1) is 5.92 Å². The lowest BCUT2D eigenvalue weighted by Gasteiger charge is -2.42. The maximum atomic E-state index is 13.4. The first kappa shape index (κ1) is 30.4. The van der Waals surface area contributed by atoms with Crippen molar-refractivity contribution in [2.45, 2.75) is 69.5 Å². The summed E-state index contributed by atoms with van der Waals surface area (Å²) >= 11 is 0. The molecule has 3 atom stereocenters. The minimum Gasteiger partial charge on any atom is -0.508 e. The van der Waals surface area contributed by atoms with Gasteiger partial charge in [-0.05, 0) is 124 Å². The van der Waals surface area contributed by atoms with Crippen LogP contribution in [0.5, 0.6) is 11.8 Å². The van der Waals surface area contributed by atoms with E-state index in [4.69, 9.17) is 14.7 Å². The quantitative estimate of drug-likeness (QED) is 0.259. The number of amides is 1. The lowest BCUT2D eigenvalue weighted by molar-refractivity contribution is -0.132. The van der Waals surface area contributed by atoms with E-state index in [0.717, 1.165) is 97.0 Å². The number of ether oxygens (including phenoxy) is 1. The summed E-state index contributed by atoms with van der Waals surface area (Å²) in [6, 6.07) is 19.4. The van der Waals surface area contributed by atoms with Crippen LogP contribution in [0.2, 0.25) is 0 Å². The summed E-state index contributed by atoms with van der Waals surface area (Å²) in [5.41, 5.74) is 2.78. The van der Waals surface area contributed by atoms with Gasteiger partial charge in [0, 0.05) is 43.0 Å². The number of aromatic hydroxyl groups is 1. The standard InChI is InChI=1S/C38H46N6O3/c1-42-18-4-6-30(42)24-47-38-40-35-20-27(34-21-31(45)19-26-5-2-3-7-32(26)34)9-12-33(35)37(41-38)44-28-10-11-29(44)23-43(22-28)36(46)13-8-25-14-16-39-17-15-25/h2-3,5,7,9,12,19-21,25,28-30,39,45H,4,6,8,10-11,13-18,22-24H2,1H3/t28-,29+,30-/m0/s1. The molecule has 0 spiro atoms. The van der Waals surface area contributed by atoms with Crippen LogP contribution >= 0.6 is 0 Å². The van der Waals surface area contributed by atoms with Crippen molar-refractivity contribution in [3.8, 4) is 22.9 Å². The number of anilines is 1. The number of nitrogens with zero attached hydrogens (tertiary/aromatic N) is 5. The molecule has 5 heterocycles. The number of likely N-dealkylation sites (N-methyl/N-ethyl adjacent to an activating group) is 1. The third kappa shape index (κ3) is 6.11. The largest absolute Gasteiger partial charge is 0.508 e. The van der Waals surface area contributed by atoms with Crippen molar-refractivity contribution in [1.29, 1.82) is 0 Å². The molecular formula is C38H46N6O3. The Kier molecular flexibility index (Phi) is 8.35. The Morgan fingerprint density at radius 2 is 1.77 bits per heavy atom. The van der Waals surface area contributed by atoms with E-state index in [0.29, 0.717) is 36.9 Å². The van der Waals surface area contributed by atoms with Crippen molar-refractivity contribution in [2.75, 3.05) is 51.3 Å². The number of fused-ring (bicyclic) bond motifs is 4. The predicted molar refractivity (Wildman–Crippen MR) is 186 cm³/mol. The summed E-state index contributed by atoms with van der Waals surface area (Å²) in [6.07, 6.45) is 8.40. The second kappa shape index (κ2) is 12.9. The van der Waals surface area contributed by atoms with Crippen LogP contribution in [0.15, 0.2) is 54.6 Å². The number of rotatable bonds is 8. The van der Waals surface area contributed by atoms with E-state index >= 15 is 0 Å². The van der Waals surface area contributed by atoms with Crippen LogP contribution in [-0.4, -0.2) is 95.3 Å². The molecule has 2 bridgehead atoms. The van der Waals surface area contributed by atoms with Crippen molar-refractivity contribution in [3.63, 3.8) is 0 Å². The topological polar surface area (TPSA) is 94.1 Å². The van der Waals surface area contributed by atoms with E-state index in [-0.39, 0.29) is 17.8 Å². The Bertz CT molecular complexity index is 1760. The predicted octanol–water partition coefficient (Wildman–Crippen LogP) is 5.59. The van der Waals surface area contributed by atoms with Gasteiger partial charge >= 0.3 is 6.01 Å². The number of hydrogen-bond acceptors (Lipinski definition) is 8. The van der Waals surface area contributed by atoms with Crippen molar-refractivity contribution in [3.05, 3.63) is 54.6 Å². The number of phenols is 1. The molecule has 9 nitrogen and oxygen atoms in total. The SMILES string of the molecule is CN1CCC[C@H]1COc1nc(N2[C@@H]3CC[C@H]2CN(C(=O)CCC2CCNCC2)C3)c2ccc(-c3cc(O)cc4ccccc34)cc2n1. The Balaban J connectivity index is 1.11. The van der Waals surface area contributed by atoms with Crippen LogP contribution in [0.1, 0.15) is 51.4 Å². The summed E-state index contributed by atoms with van der Waals surface area (Å²) in [5, 5.41) is 17.1. The molecule has 2 N–H and O–H groups in total. The van der Waals surface area contributed by atoms with Crippen LogP contribution in [-0.2, 0) is 4.79 Å². The summed E-state index contributed by atoms with van der Waals surface area (Å²) in [5.74, 6) is 2.12. The van der Waals surface area contributed by atoms with Gasteiger partial charge in [-0.15, -0.1) is 0 Å². The molecule has 0 saturated carbocycles. The zero-order valence-corrected chi connectivity index (χ0v) is 27.4. The van der Waals surface area contributed by atoms with Crippen LogP contribution in [0.3, 0.4) is 0 Å². The van der Waals surface area contributed by atoms with E-state index in [2.05, 4.69) is 51.3 Å². The maximum absolute atomic E-state index is 13.4. The van der Waals surface area contributed by atoms with Crippen LogP contribution < -0.4 is 15.0 Å². The Morgan fingerprint density at radius 1 is 0.957 bits per heavy atom. The van der Waals surface area contributed by atoms with E-state index < -0.39 is 0 Å². The van der Waals surface area contributed by atoms with Gasteiger partial charge < -0.3 is 29.9 Å². The van der Waals surface area contributed by atoms with E-state index in [1.807, 2.05) is 24.3 Å². The molecule has 0 unspecified atom stereocenters. The molecule has 1 aromatic heterocycles. The molecule has 0 radical (unpaired) electrons. The molecule has 8 rings (SSSR count). The lowest BCUT2D eigenvalue weighted by Crippen LogP contribution is -2.55. The minimum atomic E-state index is 0.221. The highest BCUT2D eigenvalue weighted by Gasteiger charge is 2.43. The fourth-order valence-electron chi connectivity index (χ4n) is 8.52. The van der Waals surface area contributed by atoms with Gasteiger partial charge in [0.15, 0.2) is 0 Å². The van der Waals surface area contributed by atoms with Gasteiger partial charge in [-0.25, -0.2) is 0 Å². The monoisotopic (exact) mass is 634 g/mol. The van der Waals surface area contributed by atoms with Crippen molar-refractivity contribution in [2.24, 2.45) is 5.92 Å². The number of likely N-dealkylation sites (tertiary alicyclic amines) is 2. The fourth-order valence-corrected chi connectivity index (χ4v) is 8.52. The molecule has 246 valence electrons. The number of aromatic nitrogens is 2. The molecule has 4 saturated heterocycles. The second-order valence-corrected chi connectivity index (χ2v) is 14.2. The zero-order chi connectivity index (χ0) is 31.9. The Morgan fingerprint density at radius 3 is 2.55 bits per heavy atom. The molecule has 4 aromatic rings. The first-order valence-electron chi connectivity index (χ1n) is 17.6. The molecule has 9 heteroatoms. The number of nitrogens with one attached hydrogen (secondary N) is 1. The molecule has 0 aliphatic carbocycles. The summed E-state index contributed by atoms with van der Waals surface area (Å²) < 4.78 is 6.38. The van der Waals surface area contributed by atoms with Gasteiger partial charge in [0.1, 0.15) is 18.2 Å². The number of carbonyl (C=O) groups is 1. The maximum Gasteiger partial charge on any atom is 0.319 e. The molecule has 4 aliphatic rings. The third-order valence-electron chi connectivity index (χ3n) is 11.2. The molecule has 4 fully saturated rings. The minimum absolute atomic E-state index is 0.221. The normalized spacial score (nSPS) is 23.6. The average Bonchev–Trinajstić information content (AvgIpc) is 3.63. The molecule has 4 aliphatic heterocycles. The fraction of sp³-hybridized carbons (Fsp3) is 0.500. The van der Waals surface area contributed by atoms with Crippen LogP contribution in [0.25, 0.3) is 32.8 Å². The zero-order valence-electron chi connectivity index (χ0n) is 27.4. The Hall–Kier alpha value is -3.95. The van der Waals surface area contributed by atoms with E-state index in [1.54, 1.807) is 6.07 Å². The number of carbonyl (C=O) groups excluding carboxylic acids is 1. The third-order valence-corrected chi connectivity index (χ3v) is 11.2. The first-order valence-corrected chi connectivity index (χ1v) is 17.6. The van der Waals surface area contributed by atoms with Gasteiger partial charge in [-0.2, -0.15) is 9.97 Å². The highest BCUT2D eigenvalue weighted by Crippen LogP contribution is 2.40. The number of phenolic OH excluding ortho intramolecular Hbond substituents is 1. The number of piperidine rings is 1. The summed E-state index contributed by atoms with van der Waals surface area (Å²) in [7, 11) is 2.16. The molecule has 1 amide bonds. The average molecular weight is 635 g/mol. The van der Waals surface area contributed by atoms with E-state index in [1.165, 1.54) is 19.3 Å². The van der Waals surface area contributed by atoms with Gasteiger partial charge in [0.05, 0.1) is 5.52 Å². The molecule has 3 aromatic carbocycles. The highest BCUT2D eigenvalue weighted by molar-refractivity contribution is 6.01. The van der Waals surface area contributed by atoms with Crippen molar-refractivity contribution < 1.29 is 14.6 Å². The second-order valence-electron chi connectivity index (χ2n) is 14.2. The smallest absolute Gasteiger partial charge is 0.319 e. The number of hydrogen-bond donors (Lipinski definition) is 2. The Labute approximate surface area is 276 Å². The van der Waals surface area contributed by atoms with Gasteiger partial charge in [-0.3, -0.25) is 4.79 Å². The highest BCUT2D eigenvalue weighted by atomic mass is 16.5. The first-order chi connectivity index (χ1) is 23.0. The lowest BCUT2D eigenvalue weighted by atomic mass is 9.93. The number of benzene rings is 3. The van der Waals surface area contributed by atoms with Crippen molar-refractivity contribution in [1.82, 2.24) is 25.1 Å². The van der Waals surface area contributed by atoms with Gasteiger partial charge in [0.2, 0.25) is 5.91 Å². The summed E-state index contributed by atoms with van der Waals surface area (Å²) in [6.45, 7) is 5.27. The number of piperazine rings is 1. The van der Waals surface area contributed by atoms with Gasteiger partial charge in [0.25, 0.3) is 0 Å². The van der Waals surface area contributed by atoms with Gasteiger partial charge in [-0.1, -0.05) is 30.3 Å².